The quantitative estimate of drug-likeness (QED) is 0.810. The van der Waals surface area contributed by atoms with Gasteiger partial charge in [0.05, 0.1) is 13.2 Å². The smallest absolute Gasteiger partial charge is 0.490 e. The van der Waals surface area contributed by atoms with Crippen LogP contribution in [0.1, 0.15) is 21.5 Å². The Bertz CT molecular complexity index is 720. The Morgan fingerprint density at radius 2 is 2.08 bits per heavy atom. The topological polar surface area (TPSA) is 67.9 Å². The summed E-state index contributed by atoms with van der Waals surface area (Å²) in [5, 5.41) is 2.75. The van der Waals surface area contributed by atoms with Gasteiger partial charge in [0.1, 0.15) is 5.75 Å². The minimum absolute atomic E-state index is 0.231. The van der Waals surface area contributed by atoms with Crippen molar-refractivity contribution < 1.29 is 32.2 Å². The van der Waals surface area contributed by atoms with Crippen molar-refractivity contribution in [1.29, 1.82) is 0 Å². The number of alkyl halides is 3. The highest BCUT2D eigenvalue weighted by atomic mass is 19.4. The Morgan fingerprint density at radius 3 is 2.72 bits per heavy atom. The molecule has 1 unspecified atom stereocenters. The van der Waals surface area contributed by atoms with Gasteiger partial charge in [0.2, 0.25) is 0 Å². The van der Waals surface area contributed by atoms with Gasteiger partial charge >= 0.3 is 12.1 Å². The van der Waals surface area contributed by atoms with Crippen LogP contribution in [0.4, 0.5) is 13.2 Å². The molecule has 2 aliphatic heterocycles. The zero-order valence-electron chi connectivity index (χ0n) is 13.6. The molecule has 1 amide bonds. The fraction of sp³-hybridized carbons (Fsp3) is 0.500. The van der Waals surface area contributed by atoms with Crippen molar-refractivity contribution in [1.82, 2.24) is 10.2 Å². The minimum atomic E-state index is -5.09. The molecular formula is C16H17F3N2O4. The van der Waals surface area contributed by atoms with Gasteiger partial charge in [0, 0.05) is 30.6 Å². The molecule has 0 spiro atoms. The molecule has 0 aromatic heterocycles. The lowest BCUT2D eigenvalue weighted by atomic mass is 9.88. The van der Waals surface area contributed by atoms with Crippen molar-refractivity contribution >= 4 is 11.9 Å². The highest BCUT2D eigenvalue weighted by Crippen LogP contribution is 2.35. The van der Waals surface area contributed by atoms with E-state index < -0.39 is 24.4 Å². The molecule has 136 valence electrons. The first kappa shape index (κ1) is 17.5. The molecule has 0 radical (unpaired) electrons. The molecule has 1 N–H and O–H groups in total. The number of rotatable bonds is 2. The summed E-state index contributed by atoms with van der Waals surface area (Å²) >= 11 is 0. The molecule has 6 nitrogen and oxygen atoms in total. The van der Waals surface area contributed by atoms with Gasteiger partial charge in [-0.1, -0.05) is 6.07 Å². The van der Waals surface area contributed by atoms with E-state index in [-0.39, 0.29) is 18.9 Å². The summed E-state index contributed by atoms with van der Waals surface area (Å²) in [5.74, 6) is -2.08. The number of methoxy groups -OCH3 is 1. The molecular weight excluding hydrogens is 341 g/mol. The lowest BCUT2D eigenvalue weighted by Crippen LogP contribution is -2.63. The molecule has 0 aliphatic carbocycles. The van der Waals surface area contributed by atoms with E-state index in [2.05, 4.69) is 10.1 Å². The van der Waals surface area contributed by atoms with Crippen molar-refractivity contribution in [2.24, 2.45) is 0 Å². The van der Waals surface area contributed by atoms with E-state index >= 15 is 0 Å². The summed E-state index contributed by atoms with van der Waals surface area (Å²) in [4.78, 5) is 25.5. The minimum Gasteiger partial charge on any atom is -0.496 e. The molecule has 0 bridgehead atoms. The van der Waals surface area contributed by atoms with Crippen LogP contribution in [0.25, 0.3) is 0 Å². The molecule has 25 heavy (non-hydrogen) atoms. The van der Waals surface area contributed by atoms with Crippen LogP contribution in [-0.2, 0) is 16.0 Å². The second-order valence-corrected chi connectivity index (χ2v) is 5.99. The van der Waals surface area contributed by atoms with Gasteiger partial charge in [0.15, 0.2) is 6.23 Å². The Morgan fingerprint density at radius 1 is 1.36 bits per heavy atom. The van der Waals surface area contributed by atoms with Crippen molar-refractivity contribution in [3.05, 3.63) is 28.8 Å². The van der Waals surface area contributed by atoms with Crippen molar-refractivity contribution in [3.63, 3.8) is 0 Å². The Hall–Kier alpha value is -2.29. The monoisotopic (exact) mass is 358 g/mol. The first-order valence-corrected chi connectivity index (χ1v) is 7.72. The molecule has 1 saturated heterocycles. The maximum atomic E-state index is 12.8. The van der Waals surface area contributed by atoms with Gasteiger partial charge in [-0.05, 0) is 18.6 Å². The Balaban J connectivity index is 1.95. The van der Waals surface area contributed by atoms with Crippen LogP contribution in [0.3, 0.4) is 0 Å². The zero-order chi connectivity index (χ0) is 18.4. The number of hydrogen-bond donors (Lipinski definition) is 1. The fourth-order valence-electron chi connectivity index (χ4n) is 3.35. The van der Waals surface area contributed by atoms with Crippen molar-refractivity contribution in [2.75, 3.05) is 20.2 Å². The van der Waals surface area contributed by atoms with E-state index in [1.54, 1.807) is 19.1 Å². The fourth-order valence-corrected chi connectivity index (χ4v) is 3.35. The summed E-state index contributed by atoms with van der Waals surface area (Å²) in [6, 6.07) is 2.75. The molecule has 2 aliphatic rings. The van der Waals surface area contributed by atoms with Crippen LogP contribution in [-0.4, -0.2) is 55.4 Å². The number of aryl methyl sites for hydroxylation is 1. The van der Waals surface area contributed by atoms with E-state index in [4.69, 9.17) is 4.74 Å². The predicted octanol–water partition coefficient (Wildman–Crippen LogP) is 1.41. The van der Waals surface area contributed by atoms with E-state index in [9.17, 15) is 22.8 Å². The molecule has 3 rings (SSSR count). The Kier molecular flexibility index (Phi) is 4.36. The number of ether oxygens (including phenoxy) is 2. The largest absolute Gasteiger partial charge is 0.496 e. The third-order valence-electron chi connectivity index (χ3n) is 4.50. The van der Waals surface area contributed by atoms with Crippen LogP contribution in [0, 0.1) is 6.92 Å². The zero-order valence-corrected chi connectivity index (χ0v) is 13.6. The van der Waals surface area contributed by atoms with Crippen molar-refractivity contribution in [2.45, 2.75) is 31.8 Å². The van der Waals surface area contributed by atoms with Gasteiger partial charge in [-0.25, -0.2) is 4.79 Å². The van der Waals surface area contributed by atoms with Gasteiger partial charge < -0.3 is 14.4 Å². The second-order valence-electron chi connectivity index (χ2n) is 5.99. The number of carbonyl (C=O) groups is 2. The van der Waals surface area contributed by atoms with Crippen LogP contribution in [0.5, 0.6) is 5.75 Å². The second kappa shape index (κ2) is 6.21. The third kappa shape index (κ3) is 3.04. The molecule has 2 heterocycles. The molecule has 1 aromatic carbocycles. The van der Waals surface area contributed by atoms with Gasteiger partial charge in [-0.15, -0.1) is 0 Å². The van der Waals surface area contributed by atoms with Gasteiger partial charge in [0.25, 0.3) is 5.91 Å². The normalized spacial score (nSPS) is 22.9. The number of piperazine rings is 1. The lowest BCUT2D eigenvalue weighted by Gasteiger charge is -2.44. The van der Waals surface area contributed by atoms with Gasteiger partial charge in [-0.2, -0.15) is 13.2 Å². The summed E-state index contributed by atoms with van der Waals surface area (Å²) in [7, 11) is 1.46. The summed E-state index contributed by atoms with van der Waals surface area (Å²) in [5.41, 5.74) is 1.88. The van der Waals surface area contributed by atoms with E-state index in [0.717, 1.165) is 5.56 Å². The number of hydrogen-bond acceptors (Lipinski definition) is 5. The number of nitrogens with one attached hydrogen (secondary N) is 1. The molecule has 2 atom stereocenters. The highest BCUT2D eigenvalue weighted by molar-refractivity contribution is 5.99. The van der Waals surface area contributed by atoms with E-state index in [0.29, 0.717) is 23.4 Å². The SMILES string of the molecule is COc1ccc(C)c2c1C[C@@H]1C(OC(=O)C(F)(F)F)NCCN1C2=O. The average molecular weight is 358 g/mol. The average Bonchev–Trinajstić information content (AvgIpc) is 2.55. The predicted molar refractivity (Wildman–Crippen MR) is 80.2 cm³/mol. The third-order valence-corrected chi connectivity index (χ3v) is 4.50. The lowest BCUT2D eigenvalue weighted by molar-refractivity contribution is -0.210. The molecule has 1 aromatic rings. The number of benzene rings is 1. The number of carbonyl (C=O) groups excluding carboxylic acids is 2. The van der Waals surface area contributed by atoms with Gasteiger partial charge in [-0.3, -0.25) is 10.1 Å². The van der Waals surface area contributed by atoms with E-state index in [1.807, 2.05) is 0 Å². The number of nitrogens with zero attached hydrogens (tertiary/aromatic N) is 1. The van der Waals surface area contributed by atoms with Crippen molar-refractivity contribution in [3.8, 4) is 5.75 Å². The van der Waals surface area contributed by atoms with Crippen LogP contribution < -0.4 is 10.1 Å². The molecule has 1 fully saturated rings. The molecule has 0 saturated carbocycles. The van der Waals surface area contributed by atoms with Crippen LogP contribution in [0.2, 0.25) is 0 Å². The number of halogens is 3. The number of esters is 1. The maximum Gasteiger partial charge on any atom is 0.490 e. The summed E-state index contributed by atoms with van der Waals surface area (Å²) in [6.45, 7) is 2.34. The first-order valence-electron chi connectivity index (χ1n) is 7.72. The number of fused-ring (bicyclic) bond motifs is 2. The highest BCUT2D eigenvalue weighted by Gasteiger charge is 2.47. The van der Waals surface area contributed by atoms with Crippen LogP contribution >= 0.6 is 0 Å². The van der Waals surface area contributed by atoms with Crippen LogP contribution in [0.15, 0.2) is 12.1 Å². The summed E-state index contributed by atoms with van der Waals surface area (Å²) in [6.07, 6.45) is -6.09. The maximum absolute atomic E-state index is 12.8. The molecule has 9 heteroatoms. The standard InChI is InChI=1S/C16H17F3N2O4/c1-8-3-4-11(24-2)9-7-10-13(25-15(23)16(17,18)19)20-5-6-21(10)14(22)12(8)9/h3-4,10,13,20H,5-7H2,1-2H3/t10-,13?/m1/s1. The summed E-state index contributed by atoms with van der Waals surface area (Å²) < 4.78 is 47.4. The first-order chi connectivity index (χ1) is 11.7. The number of amides is 1. The van der Waals surface area contributed by atoms with E-state index in [1.165, 1.54) is 12.0 Å². The Labute approximate surface area is 141 Å².